The molecule has 1 heterocycles. The summed E-state index contributed by atoms with van der Waals surface area (Å²) in [6, 6.07) is 0. The van der Waals surface area contributed by atoms with Gasteiger partial charge in [-0.05, 0) is 39.5 Å². The molecule has 0 aromatic rings. The van der Waals surface area contributed by atoms with Crippen molar-refractivity contribution >= 4 is 12.1 Å². The van der Waals surface area contributed by atoms with Crippen molar-refractivity contribution in [1.82, 2.24) is 4.90 Å². The largest absolute Gasteiger partial charge is 0.479 e. The maximum Gasteiger partial charge on any atom is 0.410 e. The Labute approximate surface area is 106 Å². The van der Waals surface area contributed by atoms with Gasteiger partial charge in [0.25, 0.3) is 0 Å². The van der Waals surface area contributed by atoms with Gasteiger partial charge >= 0.3 is 12.1 Å². The van der Waals surface area contributed by atoms with Crippen LogP contribution in [0.3, 0.4) is 0 Å². The fraction of sp³-hybridized carbons (Fsp3) is 0.833. The fourth-order valence-corrected chi connectivity index (χ4v) is 1.91. The van der Waals surface area contributed by atoms with Crippen LogP contribution < -0.4 is 0 Å². The van der Waals surface area contributed by atoms with Crippen LogP contribution in [0, 0.1) is 5.92 Å². The average Bonchev–Trinajstić information content (AvgIpc) is 2.63. The number of hydrogen-bond donors (Lipinski definition) is 1. The molecule has 0 bridgehead atoms. The Morgan fingerprint density at radius 3 is 2.61 bits per heavy atom. The minimum Gasteiger partial charge on any atom is -0.479 e. The van der Waals surface area contributed by atoms with E-state index in [1.165, 1.54) is 4.90 Å². The molecule has 0 aromatic carbocycles. The highest BCUT2D eigenvalue weighted by Gasteiger charge is 2.32. The Kier molecular flexibility index (Phi) is 4.53. The lowest BCUT2D eigenvalue weighted by atomic mass is 10.0. The summed E-state index contributed by atoms with van der Waals surface area (Å²) < 4.78 is 18.2. The van der Waals surface area contributed by atoms with Crippen molar-refractivity contribution < 1.29 is 23.8 Å². The molecule has 0 aliphatic carbocycles. The number of carbonyl (C=O) groups excluding carboxylic acids is 1. The number of aliphatic carboxylic acids is 1. The minimum atomic E-state index is -1.85. The van der Waals surface area contributed by atoms with Crippen LogP contribution >= 0.6 is 0 Å². The first-order chi connectivity index (χ1) is 8.19. The lowest BCUT2D eigenvalue weighted by Gasteiger charge is -2.24. The summed E-state index contributed by atoms with van der Waals surface area (Å²) in [4.78, 5) is 23.6. The molecule has 2 unspecified atom stereocenters. The van der Waals surface area contributed by atoms with Gasteiger partial charge in [0, 0.05) is 13.1 Å². The molecule has 1 rings (SSSR count). The SMILES string of the molecule is CC(C)(C)OC(=O)N1CCC(CC(F)C(=O)O)C1. The van der Waals surface area contributed by atoms with Crippen LogP contribution in [0.25, 0.3) is 0 Å². The predicted molar refractivity (Wildman–Crippen MR) is 63.1 cm³/mol. The van der Waals surface area contributed by atoms with Gasteiger partial charge in [-0.2, -0.15) is 0 Å². The Balaban J connectivity index is 2.41. The maximum absolute atomic E-state index is 13.0. The normalized spacial score (nSPS) is 21.8. The summed E-state index contributed by atoms with van der Waals surface area (Å²) in [7, 11) is 0. The second-order valence-corrected chi connectivity index (χ2v) is 5.62. The molecule has 6 heteroatoms. The first-order valence-corrected chi connectivity index (χ1v) is 6.04. The van der Waals surface area contributed by atoms with Gasteiger partial charge in [-0.25, -0.2) is 14.0 Å². The molecule has 1 aliphatic rings. The van der Waals surface area contributed by atoms with E-state index < -0.39 is 23.8 Å². The number of hydrogen-bond acceptors (Lipinski definition) is 3. The van der Waals surface area contributed by atoms with E-state index in [0.717, 1.165) is 0 Å². The lowest BCUT2D eigenvalue weighted by Crippen LogP contribution is -2.35. The molecular formula is C12H20FNO4. The van der Waals surface area contributed by atoms with E-state index >= 15 is 0 Å². The minimum absolute atomic E-state index is 0.0470. The standard InChI is InChI=1S/C12H20FNO4/c1-12(2,3)18-11(17)14-5-4-8(7-14)6-9(13)10(15)16/h8-9H,4-7H2,1-3H3,(H,15,16). The van der Waals surface area contributed by atoms with E-state index in [1.807, 2.05) is 0 Å². The van der Waals surface area contributed by atoms with Crippen LogP contribution in [0.5, 0.6) is 0 Å². The molecule has 104 valence electrons. The highest BCUT2D eigenvalue weighted by Crippen LogP contribution is 2.24. The molecule has 1 fully saturated rings. The molecule has 0 aromatic heterocycles. The summed E-state index contributed by atoms with van der Waals surface area (Å²) in [5.41, 5.74) is -0.557. The number of carbonyl (C=O) groups is 2. The molecule has 1 N–H and O–H groups in total. The van der Waals surface area contributed by atoms with Crippen molar-refractivity contribution in [2.75, 3.05) is 13.1 Å². The molecule has 18 heavy (non-hydrogen) atoms. The Bertz CT molecular complexity index is 327. The third-order valence-corrected chi connectivity index (χ3v) is 2.75. The number of nitrogens with zero attached hydrogens (tertiary/aromatic N) is 1. The Hall–Kier alpha value is -1.33. The molecule has 0 spiro atoms. The average molecular weight is 261 g/mol. The van der Waals surface area contributed by atoms with E-state index in [-0.39, 0.29) is 12.3 Å². The summed E-state index contributed by atoms with van der Waals surface area (Å²) in [6.45, 7) is 6.19. The van der Waals surface area contributed by atoms with Crippen LogP contribution in [0.4, 0.5) is 9.18 Å². The first-order valence-electron chi connectivity index (χ1n) is 6.04. The number of carboxylic acid groups (broad SMARTS) is 1. The number of halogens is 1. The van der Waals surface area contributed by atoms with Gasteiger partial charge in [0.1, 0.15) is 5.60 Å². The van der Waals surface area contributed by atoms with Crippen molar-refractivity contribution in [1.29, 1.82) is 0 Å². The zero-order valence-electron chi connectivity index (χ0n) is 11.0. The fourth-order valence-electron chi connectivity index (χ4n) is 1.91. The first kappa shape index (κ1) is 14.7. The number of ether oxygens (including phenoxy) is 1. The maximum atomic E-state index is 13.0. The third-order valence-electron chi connectivity index (χ3n) is 2.75. The highest BCUT2D eigenvalue weighted by molar-refractivity contribution is 5.72. The van der Waals surface area contributed by atoms with Crippen LogP contribution in [0.2, 0.25) is 0 Å². The Morgan fingerprint density at radius 1 is 1.50 bits per heavy atom. The summed E-state index contributed by atoms with van der Waals surface area (Å²) >= 11 is 0. The van der Waals surface area contributed by atoms with Gasteiger partial charge in [-0.3, -0.25) is 0 Å². The van der Waals surface area contributed by atoms with Crippen LogP contribution in [-0.4, -0.2) is 46.9 Å². The van der Waals surface area contributed by atoms with Gasteiger partial charge in [0.05, 0.1) is 0 Å². The van der Waals surface area contributed by atoms with Crippen molar-refractivity contribution in [2.45, 2.75) is 45.4 Å². The van der Waals surface area contributed by atoms with Gasteiger partial charge in [-0.15, -0.1) is 0 Å². The van der Waals surface area contributed by atoms with Crippen LogP contribution in [0.1, 0.15) is 33.6 Å². The van der Waals surface area contributed by atoms with Gasteiger partial charge in [0.15, 0.2) is 6.17 Å². The van der Waals surface area contributed by atoms with E-state index in [9.17, 15) is 14.0 Å². The molecule has 2 atom stereocenters. The van der Waals surface area contributed by atoms with E-state index in [4.69, 9.17) is 9.84 Å². The molecule has 0 saturated carbocycles. The van der Waals surface area contributed by atoms with E-state index in [1.54, 1.807) is 20.8 Å². The molecule has 1 amide bonds. The molecule has 1 saturated heterocycles. The number of rotatable bonds is 3. The monoisotopic (exact) mass is 261 g/mol. The summed E-state index contributed by atoms with van der Waals surface area (Å²) in [5, 5.41) is 8.49. The van der Waals surface area contributed by atoms with Gasteiger partial charge in [-0.1, -0.05) is 0 Å². The zero-order chi connectivity index (χ0) is 13.9. The number of amides is 1. The van der Waals surface area contributed by atoms with Gasteiger partial charge in [0.2, 0.25) is 0 Å². The predicted octanol–water partition coefficient (Wildman–Crippen LogP) is 2.06. The van der Waals surface area contributed by atoms with E-state index in [2.05, 4.69) is 0 Å². The number of likely N-dealkylation sites (tertiary alicyclic amines) is 1. The summed E-state index contributed by atoms with van der Waals surface area (Å²) in [6.07, 6.45) is -1.70. The van der Waals surface area contributed by atoms with Crippen molar-refractivity contribution in [3.8, 4) is 0 Å². The number of carboxylic acids is 1. The topological polar surface area (TPSA) is 66.8 Å². The second-order valence-electron chi connectivity index (χ2n) is 5.62. The number of alkyl halides is 1. The third kappa shape index (κ3) is 4.50. The van der Waals surface area contributed by atoms with Crippen molar-refractivity contribution in [2.24, 2.45) is 5.92 Å². The van der Waals surface area contributed by atoms with Crippen molar-refractivity contribution in [3.05, 3.63) is 0 Å². The molecule has 1 aliphatic heterocycles. The Morgan fingerprint density at radius 2 is 2.11 bits per heavy atom. The van der Waals surface area contributed by atoms with Crippen molar-refractivity contribution in [3.63, 3.8) is 0 Å². The zero-order valence-corrected chi connectivity index (χ0v) is 11.0. The van der Waals surface area contributed by atoms with Crippen LogP contribution in [0.15, 0.2) is 0 Å². The lowest BCUT2D eigenvalue weighted by molar-refractivity contribution is -0.143. The van der Waals surface area contributed by atoms with E-state index in [0.29, 0.717) is 19.5 Å². The molecule has 0 radical (unpaired) electrons. The van der Waals surface area contributed by atoms with Gasteiger partial charge < -0.3 is 14.7 Å². The smallest absolute Gasteiger partial charge is 0.410 e. The molecular weight excluding hydrogens is 241 g/mol. The highest BCUT2D eigenvalue weighted by atomic mass is 19.1. The quantitative estimate of drug-likeness (QED) is 0.844. The summed E-state index contributed by atoms with van der Waals surface area (Å²) in [5.74, 6) is -1.55. The second kappa shape index (κ2) is 5.54. The molecule has 5 nitrogen and oxygen atoms in total. The van der Waals surface area contributed by atoms with Crippen LogP contribution in [-0.2, 0) is 9.53 Å².